The number of rotatable bonds is 4. The van der Waals surface area contributed by atoms with Gasteiger partial charge in [-0.05, 0) is 47.4 Å². The van der Waals surface area contributed by atoms with Crippen LogP contribution < -0.4 is 10.9 Å². The van der Waals surface area contributed by atoms with Crippen molar-refractivity contribution in [3.05, 3.63) is 38.3 Å². The summed E-state index contributed by atoms with van der Waals surface area (Å²) in [6.07, 6.45) is 2.62. The lowest BCUT2D eigenvalue weighted by Gasteiger charge is -2.28. The molecule has 0 saturated carbocycles. The van der Waals surface area contributed by atoms with Crippen molar-refractivity contribution in [2.24, 2.45) is 0 Å². The van der Waals surface area contributed by atoms with E-state index >= 15 is 0 Å². The average molecular weight is 451 g/mol. The molecule has 0 radical (unpaired) electrons. The first-order valence-corrected chi connectivity index (χ1v) is 8.90. The van der Waals surface area contributed by atoms with E-state index in [9.17, 15) is 14.7 Å². The third-order valence-corrected chi connectivity index (χ3v) is 5.41. The van der Waals surface area contributed by atoms with Crippen LogP contribution in [0.1, 0.15) is 19.3 Å². The number of carbonyl (C=O) groups excluding carboxylic acids is 1. The number of aliphatic hydroxyl groups excluding tert-OH is 1. The van der Waals surface area contributed by atoms with E-state index in [1.807, 2.05) is 0 Å². The van der Waals surface area contributed by atoms with Gasteiger partial charge >= 0.3 is 0 Å². The Morgan fingerprint density at radius 1 is 1.48 bits per heavy atom. The van der Waals surface area contributed by atoms with E-state index in [1.54, 1.807) is 12.1 Å². The Hall–Kier alpha value is -0.990. The van der Waals surface area contributed by atoms with Crippen molar-refractivity contribution in [3.8, 4) is 0 Å². The van der Waals surface area contributed by atoms with Gasteiger partial charge in [0.2, 0.25) is 0 Å². The molecular formula is C16H18BrCl2N3O3. The Bertz CT molecular complexity index is 843. The standard InChI is InChI=1S/C16H17BrClN3O3.ClH/c17-11-6-13-10(5-12(11)18)16(24)21(8-20-13)7-9(22)4-14-15(23)2-1-3-19-14;/h5-6,8,14-15,19,23H,1-4,7H2;1H/t14-,15?;/m0./s1. The Morgan fingerprint density at radius 2 is 2.24 bits per heavy atom. The van der Waals surface area contributed by atoms with Crippen LogP contribution in [0, 0.1) is 0 Å². The van der Waals surface area contributed by atoms with E-state index in [0.717, 1.165) is 13.0 Å². The van der Waals surface area contributed by atoms with Crippen molar-refractivity contribution in [2.45, 2.75) is 38.0 Å². The summed E-state index contributed by atoms with van der Waals surface area (Å²) in [5.41, 5.74) is 0.212. The van der Waals surface area contributed by atoms with Gasteiger partial charge in [0, 0.05) is 16.9 Å². The Labute approximate surface area is 164 Å². The van der Waals surface area contributed by atoms with Gasteiger partial charge in [0.25, 0.3) is 5.56 Å². The van der Waals surface area contributed by atoms with Gasteiger partial charge in [0.05, 0.1) is 34.9 Å². The first kappa shape index (κ1) is 20.3. The van der Waals surface area contributed by atoms with Gasteiger partial charge in [-0.25, -0.2) is 4.98 Å². The minimum atomic E-state index is -0.523. The number of carbonyl (C=O) groups is 1. The monoisotopic (exact) mass is 449 g/mol. The molecule has 1 aliphatic heterocycles. The number of benzene rings is 1. The summed E-state index contributed by atoms with van der Waals surface area (Å²) in [4.78, 5) is 29.0. The highest BCUT2D eigenvalue weighted by Gasteiger charge is 2.25. The number of halogens is 3. The summed E-state index contributed by atoms with van der Waals surface area (Å²) in [6, 6.07) is 2.97. The highest BCUT2D eigenvalue weighted by atomic mass is 79.9. The summed E-state index contributed by atoms with van der Waals surface area (Å²) in [6.45, 7) is 0.722. The number of nitrogens with zero attached hydrogens (tertiary/aromatic N) is 2. The number of Topliss-reactive ketones (excluding diaryl/α,β-unsaturated/α-hetero) is 1. The third-order valence-electron chi connectivity index (χ3n) is 4.21. The number of fused-ring (bicyclic) bond motifs is 1. The zero-order valence-corrected chi connectivity index (χ0v) is 16.4. The zero-order valence-electron chi connectivity index (χ0n) is 13.2. The molecule has 2 aromatic rings. The minimum absolute atomic E-state index is 0. The molecule has 1 unspecified atom stereocenters. The van der Waals surface area contributed by atoms with Crippen LogP contribution in [0.15, 0.2) is 27.7 Å². The molecule has 9 heteroatoms. The lowest BCUT2D eigenvalue weighted by atomic mass is 9.97. The molecule has 3 rings (SSSR count). The molecule has 136 valence electrons. The van der Waals surface area contributed by atoms with Gasteiger partial charge in [-0.3, -0.25) is 14.2 Å². The molecule has 1 saturated heterocycles. The minimum Gasteiger partial charge on any atom is -0.391 e. The third kappa shape index (κ3) is 4.60. The van der Waals surface area contributed by atoms with Gasteiger partial charge in [-0.15, -0.1) is 12.4 Å². The fraction of sp³-hybridized carbons (Fsp3) is 0.438. The SMILES string of the molecule is Cl.O=C(C[C@@H]1NCCCC1O)Cn1cnc2cc(Br)c(Cl)cc2c1=O. The topological polar surface area (TPSA) is 84.2 Å². The van der Waals surface area contributed by atoms with Gasteiger partial charge in [0.15, 0.2) is 5.78 Å². The summed E-state index contributed by atoms with van der Waals surface area (Å²) < 4.78 is 1.94. The molecule has 2 heterocycles. The highest BCUT2D eigenvalue weighted by Crippen LogP contribution is 2.25. The number of nitrogens with one attached hydrogen (secondary N) is 1. The fourth-order valence-electron chi connectivity index (χ4n) is 2.91. The summed E-state index contributed by atoms with van der Waals surface area (Å²) >= 11 is 9.33. The normalized spacial score (nSPS) is 20.3. The molecule has 2 atom stereocenters. The fourth-order valence-corrected chi connectivity index (χ4v) is 3.40. The van der Waals surface area contributed by atoms with E-state index in [-0.39, 0.29) is 42.8 Å². The molecule has 1 aromatic carbocycles. The molecule has 0 amide bonds. The largest absolute Gasteiger partial charge is 0.391 e. The number of piperidine rings is 1. The maximum atomic E-state index is 12.5. The van der Waals surface area contributed by atoms with Crippen LogP contribution in [0.4, 0.5) is 0 Å². The molecule has 2 N–H and O–H groups in total. The molecule has 1 aromatic heterocycles. The van der Waals surface area contributed by atoms with Crippen LogP contribution in [0.5, 0.6) is 0 Å². The van der Waals surface area contributed by atoms with E-state index in [2.05, 4.69) is 26.2 Å². The predicted molar refractivity (Wildman–Crippen MR) is 103 cm³/mol. The van der Waals surface area contributed by atoms with Gasteiger partial charge in [-0.2, -0.15) is 0 Å². The molecule has 25 heavy (non-hydrogen) atoms. The quantitative estimate of drug-likeness (QED) is 0.746. The van der Waals surface area contributed by atoms with E-state index < -0.39 is 6.10 Å². The van der Waals surface area contributed by atoms with Crippen LogP contribution in [-0.2, 0) is 11.3 Å². The molecule has 0 aliphatic carbocycles. The molecule has 1 aliphatic rings. The maximum Gasteiger partial charge on any atom is 0.261 e. The van der Waals surface area contributed by atoms with Crippen LogP contribution in [-0.4, -0.2) is 39.1 Å². The summed E-state index contributed by atoms with van der Waals surface area (Å²) in [7, 11) is 0. The van der Waals surface area contributed by atoms with Crippen molar-refractivity contribution in [3.63, 3.8) is 0 Å². The van der Waals surface area contributed by atoms with Gasteiger partial charge in [-0.1, -0.05) is 11.6 Å². The van der Waals surface area contributed by atoms with Crippen LogP contribution in [0.25, 0.3) is 10.9 Å². The van der Waals surface area contributed by atoms with Crippen LogP contribution in [0.2, 0.25) is 5.02 Å². The lowest BCUT2D eigenvalue weighted by molar-refractivity contribution is -0.121. The van der Waals surface area contributed by atoms with Gasteiger partial charge < -0.3 is 10.4 Å². The Kier molecular flexibility index (Phi) is 6.99. The second kappa shape index (κ2) is 8.60. The van der Waals surface area contributed by atoms with Crippen molar-refractivity contribution in [2.75, 3.05) is 6.54 Å². The summed E-state index contributed by atoms with van der Waals surface area (Å²) in [5.74, 6) is -0.125. The van der Waals surface area contributed by atoms with E-state index in [1.165, 1.54) is 10.9 Å². The maximum absolute atomic E-state index is 12.5. The second-order valence-electron chi connectivity index (χ2n) is 5.97. The number of aromatic nitrogens is 2. The second-order valence-corrected chi connectivity index (χ2v) is 7.24. The molecule has 6 nitrogen and oxygen atoms in total. The van der Waals surface area contributed by atoms with Crippen molar-refractivity contribution in [1.29, 1.82) is 0 Å². The molecule has 1 fully saturated rings. The van der Waals surface area contributed by atoms with E-state index in [4.69, 9.17) is 11.6 Å². The molecule has 0 spiro atoms. The van der Waals surface area contributed by atoms with Crippen LogP contribution in [0.3, 0.4) is 0 Å². The zero-order chi connectivity index (χ0) is 17.3. The predicted octanol–water partition coefficient (Wildman–Crippen LogP) is 2.31. The smallest absolute Gasteiger partial charge is 0.261 e. The number of aliphatic hydroxyl groups is 1. The molecule has 0 bridgehead atoms. The van der Waals surface area contributed by atoms with Gasteiger partial charge in [0.1, 0.15) is 0 Å². The van der Waals surface area contributed by atoms with Crippen molar-refractivity contribution in [1.82, 2.24) is 14.9 Å². The Balaban J connectivity index is 0.00000225. The first-order valence-electron chi connectivity index (χ1n) is 7.73. The highest BCUT2D eigenvalue weighted by molar-refractivity contribution is 9.10. The van der Waals surface area contributed by atoms with E-state index in [0.29, 0.717) is 26.8 Å². The number of ketones is 1. The van der Waals surface area contributed by atoms with Crippen molar-refractivity contribution < 1.29 is 9.90 Å². The molecular weight excluding hydrogens is 433 g/mol. The van der Waals surface area contributed by atoms with Crippen LogP contribution >= 0.6 is 39.9 Å². The Morgan fingerprint density at radius 3 is 2.96 bits per heavy atom. The number of hydrogen-bond donors (Lipinski definition) is 2. The van der Waals surface area contributed by atoms with Crippen molar-refractivity contribution >= 4 is 56.6 Å². The number of hydrogen-bond acceptors (Lipinski definition) is 5. The first-order chi connectivity index (χ1) is 11.5. The lowest BCUT2D eigenvalue weighted by Crippen LogP contribution is -2.46. The summed E-state index contributed by atoms with van der Waals surface area (Å²) in [5, 5.41) is 13.9. The average Bonchev–Trinajstić information content (AvgIpc) is 2.54.